The summed E-state index contributed by atoms with van der Waals surface area (Å²) in [4.78, 5) is 11.3. The van der Waals surface area contributed by atoms with Gasteiger partial charge >= 0.3 is 5.97 Å². The maximum Gasteiger partial charge on any atom is 0.307 e. The molecule has 0 aliphatic rings. The van der Waals surface area contributed by atoms with Crippen LogP contribution in [0.1, 0.15) is 31.9 Å². The van der Waals surface area contributed by atoms with Crippen LogP contribution in [0.2, 0.25) is 10.0 Å². The summed E-state index contributed by atoms with van der Waals surface area (Å²) in [6, 6.07) is 13.3. The van der Waals surface area contributed by atoms with E-state index in [2.05, 4.69) is 38.0 Å². The molecule has 2 aromatic carbocycles. The minimum Gasteiger partial charge on any atom is -0.481 e. The molecule has 0 amide bonds. The molecule has 3 aromatic rings. The zero-order valence-corrected chi connectivity index (χ0v) is 16.8. The molecule has 1 heterocycles. The lowest BCUT2D eigenvalue weighted by Crippen LogP contribution is -2.10. The van der Waals surface area contributed by atoms with E-state index in [9.17, 15) is 9.90 Å². The van der Waals surface area contributed by atoms with Crippen LogP contribution in [0.5, 0.6) is 0 Å². The number of rotatable bonds is 4. The zero-order valence-electron chi connectivity index (χ0n) is 15.3. The van der Waals surface area contributed by atoms with Crippen LogP contribution in [0.15, 0.2) is 48.7 Å². The molecule has 1 N–H and O–H groups in total. The largest absolute Gasteiger partial charge is 0.481 e. The second-order valence-corrected chi connectivity index (χ2v) is 8.26. The number of aromatic nitrogens is 2. The van der Waals surface area contributed by atoms with Gasteiger partial charge in [0.05, 0.1) is 27.8 Å². The van der Waals surface area contributed by atoms with E-state index < -0.39 is 5.97 Å². The molecule has 0 bridgehead atoms. The van der Waals surface area contributed by atoms with Gasteiger partial charge in [0, 0.05) is 17.3 Å². The summed E-state index contributed by atoms with van der Waals surface area (Å²) >= 11 is 12.1. The third-order valence-electron chi connectivity index (χ3n) is 4.32. The van der Waals surface area contributed by atoms with Crippen molar-refractivity contribution in [3.8, 4) is 16.9 Å². The van der Waals surface area contributed by atoms with Crippen molar-refractivity contribution in [2.45, 2.75) is 32.6 Å². The highest BCUT2D eigenvalue weighted by Crippen LogP contribution is 2.31. The van der Waals surface area contributed by atoms with Gasteiger partial charge in [0.2, 0.25) is 0 Å². The van der Waals surface area contributed by atoms with Gasteiger partial charge < -0.3 is 5.11 Å². The molecule has 0 unspecified atom stereocenters. The molecular weight excluding hydrogens is 383 g/mol. The first-order valence-corrected chi connectivity index (χ1v) is 9.27. The second-order valence-electron chi connectivity index (χ2n) is 7.44. The highest BCUT2D eigenvalue weighted by Gasteiger charge is 2.17. The topological polar surface area (TPSA) is 55.1 Å². The van der Waals surface area contributed by atoms with E-state index in [0.29, 0.717) is 21.3 Å². The molecular formula is C21H20Cl2N2O2. The maximum absolute atomic E-state index is 11.3. The summed E-state index contributed by atoms with van der Waals surface area (Å²) in [7, 11) is 0. The third-order valence-corrected chi connectivity index (χ3v) is 5.06. The summed E-state index contributed by atoms with van der Waals surface area (Å²) < 4.78 is 1.70. The van der Waals surface area contributed by atoms with Gasteiger partial charge in [0.15, 0.2) is 0 Å². The van der Waals surface area contributed by atoms with E-state index >= 15 is 0 Å². The number of hydrogen-bond acceptors (Lipinski definition) is 2. The van der Waals surface area contributed by atoms with Crippen LogP contribution in [0.4, 0.5) is 0 Å². The molecule has 140 valence electrons. The fraction of sp³-hybridized carbons (Fsp3) is 0.238. The SMILES string of the molecule is CC(C)(C)c1ccc(-n2cc(CC(=O)O)c(-c3ccc(Cl)c(Cl)c3)n2)cc1. The maximum atomic E-state index is 11.3. The molecule has 0 aliphatic carbocycles. The fourth-order valence-electron chi connectivity index (χ4n) is 2.83. The third kappa shape index (κ3) is 4.34. The van der Waals surface area contributed by atoms with E-state index in [-0.39, 0.29) is 11.8 Å². The predicted octanol–water partition coefficient (Wildman–Crippen LogP) is 5.77. The van der Waals surface area contributed by atoms with Crippen LogP contribution in [0.3, 0.4) is 0 Å². The molecule has 0 spiro atoms. The first-order chi connectivity index (χ1) is 12.6. The molecule has 1 aromatic heterocycles. The van der Waals surface area contributed by atoms with Gasteiger partial charge in [-0.3, -0.25) is 4.79 Å². The van der Waals surface area contributed by atoms with Crippen molar-refractivity contribution in [3.63, 3.8) is 0 Å². The number of nitrogens with zero attached hydrogens (tertiary/aromatic N) is 2. The lowest BCUT2D eigenvalue weighted by molar-refractivity contribution is -0.136. The number of benzene rings is 2. The van der Waals surface area contributed by atoms with Gasteiger partial charge in [-0.15, -0.1) is 0 Å². The van der Waals surface area contributed by atoms with Crippen LogP contribution in [-0.4, -0.2) is 20.9 Å². The Balaban J connectivity index is 2.06. The van der Waals surface area contributed by atoms with Crippen molar-refractivity contribution in [2.24, 2.45) is 0 Å². The molecule has 0 fully saturated rings. The standard InChI is InChI=1S/C21H20Cl2N2O2/c1-21(2,3)15-5-7-16(8-6-15)25-12-14(11-19(26)27)20(24-25)13-4-9-17(22)18(23)10-13/h4-10,12H,11H2,1-3H3,(H,26,27). The van der Waals surface area contributed by atoms with Gasteiger partial charge in [0.1, 0.15) is 0 Å². The van der Waals surface area contributed by atoms with E-state index in [1.165, 1.54) is 5.56 Å². The van der Waals surface area contributed by atoms with E-state index in [4.69, 9.17) is 23.2 Å². The van der Waals surface area contributed by atoms with Gasteiger partial charge in [0.25, 0.3) is 0 Å². The van der Waals surface area contributed by atoms with Crippen molar-refractivity contribution in [1.82, 2.24) is 9.78 Å². The summed E-state index contributed by atoms with van der Waals surface area (Å²) in [5.41, 5.74) is 4.06. The van der Waals surface area contributed by atoms with Crippen molar-refractivity contribution >= 4 is 29.2 Å². The lowest BCUT2D eigenvalue weighted by atomic mass is 9.87. The Kier molecular flexibility index (Phi) is 5.31. The molecule has 0 saturated carbocycles. The molecule has 0 aliphatic heterocycles. The van der Waals surface area contributed by atoms with Gasteiger partial charge in [-0.05, 0) is 35.2 Å². The number of carboxylic acid groups (broad SMARTS) is 1. The van der Waals surface area contributed by atoms with E-state index in [1.807, 2.05) is 12.1 Å². The molecule has 4 nitrogen and oxygen atoms in total. The summed E-state index contributed by atoms with van der Waals surface area (Å²) in [5.74, 6) is -0.918. The van der Waals surface area contributed by atoms with Crippen molar-refractivity contribution in [3.05, 3.63) is 69.8 Å². The van der Waals surface area contributed by atoms with Crippen LogP contribution < -0.4 is 0 Å². The van der Waals surface area contributed by atoms with Crippen molar-refractivity contribution < 1.29 is 9.90 Å². The highest BCUT2D eigenvalue weighted by atomic mass is 35.5. The quantitative estimate of drug-likeness (QED) is 0.602. The Morgan fingerprint density at radius 3 is 2.30 bits per heavy atom. The summed E-state index contributed by atoms with van der Waals surface area (Å²) in [6.07, 6.45) is 1.62. The average molecular weight is 403 g/mol. The average Bonchev–Trinajstić information content (AvgIpc) is 3.00. The van der Waals surface area contributed by atoms with Gasteiger partial charge in [-0.2, -0.15) is 5.10 Å². The van der Waals surface area contributed by atoms with Crippen molar-refractivity contribution in [1.29, 1.82) is 0 Å². The Bertz CT molecular complexity index is 986. The number of carboxylic acids is 1. The van der Waals surface area contributed by atoms with Crippen LogP contribution in [-0.2, 0) is 16.6 Å². The Labute approximate surface area is 168 Å². The molecule has 0 radical (unpaired) electrons. The molecule has 6 heteroatoms. The number of aliphatic carboxylic acids is 1. The van der Waals surface area contributed by atoms with E-state index in [1.54, 1.807) is 29.1 Å². The normalized spacial score (nSPS) is 11.6. The molecule has 0 saturated heterocycles. The molecule has 0 atom stereocenters. The smallest absolute Gasteiger partial charge is 0.307 e. The first-order valence-electron chi connectivity index (χ1n) is 8.52. The first kappa shape index (κ1) is 19.5. The fourth-order valence-corrected chi connectivity index (χ4v) is 3.13. The zero-order chi connectivity index (χ0) is 19.8. The Morgan fingerprint density at radius 2 is 1.74 bits per heavy atom. The van der Waals surface area contributed by atoms with E-state index in [0.717, 1.165) is 11.3 Å². The lowest BCUT2D eigenvalue weighted by Gasteiger charge is -2.19. The number of halogens is 2. The minimum absolute atomic E-state index is 0.0579. The van der Waals surface area contributed by atoms with Gasteiger partial charge in [-0.1, -0.05) is 62.2 Å². The summed E-state index contributed by atoms with van der Waals surface area (Å²) in [6.45, 7) is 6.47. The minimum atomic E-state index is -0.918. The summed E-state index contributed by atoms with van der Waals surface area (Å²) in [5, 5.41) is 14.7. The van der Waals surface area contributed by atoms with Gasteiger partial charge in [-0.25, -0.2) is 4.68 Å². The van der Waals surface area contributed by atoms with Crippen LogP contribution in [0, 0.1) is 0 Å². The predicted molar refractivity (Wildman–Crippen MR) is 109 cm³/mol. The second kappa shape index (κ2) is 7.37. The number of hydrogen-bond donors (Lipinski definition) is 1. The number of carbonyl (C=O) groups is 1. The molecule has 27 heavy (non-hydrogen) atoms. The highest BCUT2D eigenvalue weighted by molar-refractivity contribution is 6.42. The van der Waals surface area contributed by atoms with Crippen LogP contribution >= 0.6 is 23.2 Å². The van der Waals surface area contributed by atoms with Crippen molar-refractivity contribution in [2.75, 3.05) is 0 Å². The molecule has 3 rings (SSSR count). The van der Waals surface area contributed by atoms with Crippen LogP contribution in [0.25, 0.3) is 16.9 Å². The Hall–Kier alpha value is -2.30. The Morgan fingerprint density at radius 1 is 1.07 bits per heavy atom. The monoisotopic (exact) mass is 402 g/mol.